The summed E-state index contributed by atoms with van der Waals surface area (Å²) in [5.74, 6) is 0.152. The molecule has 0 bridgehead atoms. The van der Waals surface area contributed by atoms with Crippen molar-refractivity contribution in [2.24, 2.45) is 0 Å². The lowest BCUT2D eigenvalue weighted by Crippen LogP contribution is -2.25. The molecule has 0 spiro atoms. The minimum absolute atomic E-state index is 0.0964. The van der Waals surface area contributed by atoms with Gasteiger partial charge in [0.05, 0.1) is 6.42 Å². The highest BCUT2D eigenvalue weighted by Gasteiger charge is 2.08. The normalized spacial score (nSPS) is 10.3. The van der Waals surface area contributed by atoms with Crippen molar-refractivity contribution >= 4 is 11.9 Å². The number of aryl methyl sites for hydroxylation is 1. The molecular weight excluding hydrogens is 272 g/mol. The third-order valence-corrected chi connectivity index (χ3v) is 2.90. The molecule has 0 aliphatic heterocycles. The van der Waals surface area contributed by atoms with E-state index >= 15 is 0 Å². The highest BCUT2D eigenvalue weighted by Crippen LogP contribution is 2.15. The average Bonchev–Trinajstić information content (AvgIpc) is 2.96. The van der Waals surface area contributed by atoms with Gasteiger partial charge in [-0.25, -0.2) is 4.98 Å². The average molecular weight is 288 g/mol. The number of H-pyrrole nitrogens is 1. The van der Waals surface area contributed by atoms with E-state index in [1.165, 1.54) is 0 Å². The quantitative estimate of drug-likeness (QED) is 0.741. The van der Waals surface area contributed by atoms with Crippen LogP contribution in [0.25, 0.3) is 11.4 Å². The molecule has 1 amide bonds. The van der Waals surface area contributed by atoms with Crippen molar-refractivity contribution in [2.75, 3.05) is 6.54 Å². The first-order valence-electron chi connectivity index (χ1n) is 6.62. The van der Waals surface area contributed by atoms with Gasteiger partial charge in [-0.3, -0.25) is 14.7 Å². The molecule has 2 rings (SSSR count). The van der Waals surface area contributed by atoms with Gasteiger partial charge >= 0.3 is 5.97 Å². The van der Waals surface area contributed by atoms with Gasteiger partial charge in [0.15, 0.2) is 5.82 Å². The Balaban J connectivity index is 2.01. The van der Waals surface area contributed by atoms with E-state index in [1.54, 1.807) is 24.3 Å². The summed E-state index contributed by atoms with van der Waals surface area (Å²) in [5.41, 5.74) is 1.28. The highest BCUT2D eigenvalue weighted by molar-refractivity contribution is 5.94. The molecule has 2 aromatic rings. The topological polar surface area (TPSA) is 108 Å². The van der Waals surface area contributed by atoms with E-state index < -0.39 is 5.97 Å². The SMILES string of the molecule is CCc1nc(-c2ccc(C(=O)NCCC(=O)O)cc2)n[nH]1. The lowest BCUT2D eigenvalue weighted by atomic mass is 10.1. The zero-order valence-electron chi connectivity index (χ0n) is 11.6. The Morgan fingerprint density at radius 3 is 2.57 bits per heavy atom. The van der Waals surface area contributed by atoms with Crippen LogP contribution < -0.4 is 5.32 Å². The van der Waals surface area contributed by atoms with Crippen LogP contribution in [0, 0.1) is 0 Å². The van der Waals surface area contributed by atoms with Crippen LogP contribution in [0.1, 0.15) is 29.5 Å². The van der Waals surface area contributed by atoms with Gasteiger partial charge in [0.2, 0.25) is 0 Å². The zero-order valence-corrected chi connectivity index (χ0v) is 11.6. The lowest BCUT2D eigenvalue weighted by Gasteiger charge is -2.04. The van der Waals surface area contributed by atoms with Crippen LogP contribution in [0.15, 0.2) is 24.3 Å². The number of hydrogen-bond donors (Lipinski definition) is 3. The first kappa shape index (κ1) is 14.7. The second kappa shape index (κ2) is 6.65. The summed E-state index contributed by atoms with van der Waals surface area (Å²) in [5, 5.41) is 18.0. The van der Waals surface area contributed by atoms with Gasteiger partial charge in [-0.1, -0.05) is 19.1 Å². The fourth-order valence-electron chi connectivity index (χ4n) is 1.74. The molecule has 7 heteroatoms. The Labute approximate surface area is 121 Å². The van der Waals surface area contributed by atoms with Crippen LogP contribution in [0.3, 0.4) is 0 Å². The minimum atomic E-state index is -0.943. The highest BCUT2D eigenvalue weighted by atomic mass is 16.4. The maximum atomic E-state index is 11.8. The van der Waals surface area contributed by atoms with Gasteiger partial charge in [0.1, 0.15) is 5.82 Å². The number of aromatic nitrogens is 3. The van der Waals surface area contributed by atoms with E-state index in [2.05, 4.69) is 20.5 Å². The Morgan fingerprint density at radius 2 is 2.00 bits per heavy atom. The summed E-state index contributed by atoms with van der Waals surface area (Å²) in [6.07, 6.45) is 0.678. The molecule has 0 aliphatic carbocycles. The van der Waals surface area contributed by atoms with Crippen molar-refractivity contribution < 1.29 is 14.7 Å². The smallest absolute Gasteiger partial charge is 0.305 e. The Hall–Kier alpha value is -2.70. The largest absolute Gasteiger partial charge is 0.481 e. The van der Waals surface area contributed by atoms with E-state index in [4.69, 9.17) is 5.11 Å². The van der Waals surface area contributed by atoms with Crippen LogP contribution >= 0.6 is 0 Å². The summed E-state index contributed by atoms with van der Waals surface area (Å²) in [6.45, 7) is 2.09. The number of aromatic amines is 1. The van der Waals surface area contributed by atoms with Crippen molar-refractivity contribution in [3.8, 4) is 11.4 Å². The maximum absolute atomic E-state index is 11.8. The molecule has 1 aromatic carbocycles. The second-order valence-corrected chi connectivity index (χ2v) is 4.44. The van der Waals surface area contributed by atoms with E-state index in [9.17, 15) is 9.59 Å². The van der Waals surface area contributed by atoms with E-state index in [1.807, 2.05) is 6.92 Å². The minimum Gasteiger partial charge on any atom is -0.481 e. The van der Waals surface area contributed by atoms with Gasteiger partial charge in [-0.15, -0.1) is 0 Å². The van der Waals surface area contributed by atoms with Crippen LogP contribution in [0.5, 0.6) is 0 Å². The van der Waals surface area contributed by atoms with E-state index in [0.29, 0.717) is 11.4 Å². The number of amides is 1. The molecule has 0 fully saturated rings. The molecule has 0 radical (unpaired) electrons. The number of carbonyl (C=O) groups is 2. The fraction of sp³-hybridized carbons (Fsp3) is 0.286. The first-order chi connectivity index (χ1) is 10.1. The summed E-state index contributed by atoms with van der Waals surface area (Å²) >= 11 is 0. The molecule has 1 heterocycles. The third-order valence-electron chi connectivity index (χ3n) is 2.90. The van der Waals surface area contributed by atoms with Crippen molar-refractivity contribution in [3.63, 3.8) is 0 Å². The summed E-state index contributed by atoms with van der Waals surface area (Å²) in [7, 11) is 0. The Bertz CT molecular complexity index is 634. The standard InChI is InChI=1S/C14H16N4O3/c1-2-11-16-13(18-17-11)9-3-5-10(6-4-9)14(21)15-8-7-12(19)20/h3-6H,2,7-8H2,1H3,(H,15,21)(H,19,20)(H,16,17,18). The molecule has 0 aliphatic rings. The molecule has 1 aromatic heterocycles. The maximum Gasteiger partial charge on any atom is 0.305 e. The van der Waals surface area contributed by atoms with Crippen molar-refractivity contribution in [2.45, 2.75) is 19.8 Å². The number of hydrogen-bond acceptors (Lipinski definition) is 4. The van der Waals surface area contributed by atoms with Crippen LogP contribution in [0.2, 0.25) is 0 Å². The number of benzene rings is 1. The Kier molecular flexibility index (Phi) is 4.65. The molecule has 0 unspecified atom stereocenters. The first-order valence-corrected chi connectivity index (χ1v) is 6.62. The van der Waals surface area contributed by atoms with Crippen LogP contribution in [-0.4, -0.2) is 38.7 Å². The number of nitrogens with one attached hydrogen (secondary N) is 2. The third kappa shape index (κ3) is 3.88. The molecule has 7 nitrogen and oxygen atoms in total. The number of carboxylic acid groups (broad SMARTS) is 1. The molecule has 21 heavy (non-hydrogen) atoms. The molecule has 0 saturated carbocycles. The van der Waals surface area contributed by atoms with Gasteiger partial charge in [-0.2, -0.15) is 5.10 Å². The number of rotatable bonds is 6. The molecule has 3 N–H and O–H groups in total. The fourth-order valence-corrected chi connectivity index (χ4v) is 1.74. The number of aliphatic carboxylic acids is 1. The summed E-state index contributed by atoms with van der Waals surface area (Å²) < 4.78 is 0. The van der Waals surface area contributed by atoms with Crippen LogP contribution in [-0.2, 0) is 11.2 Å². The van der Waals surface area contributed by atoms with Gasteiger partial charge in [0, 0.05) is 24.1 Å². The number of carboxylic acids is 1. The van der Waals surface area contributed by atoms with Crippen molar-refractivity contribution in [1.29, 1.82) is 0 Å². The predicted molar refractivity (Wildman–Crippen MR) is 75.8 cm³/mol. The van der Waals surface area contributed by atoms with Crippen LogP contribution in [0.4, 0.5) is 0 Å². The van der Waals surface area contributed by atoms with Crippen molar-refractivity contribution in [1.82, 2.24) is 20.5 Å². The lowest BCUT2D eigenvalue weighted by molar-refractivity contribution is -0.136. The van der Waals surface area contributed by atoms with Gasteiger partial charge < -0.3 is 10.4 Å². The molecule has 0 atom stereocenters. The summed E-state index contributed by atoms with van der Waals surface area (Å²) in [6, 6.07) is 6.84. The monoisotopic (exact) mass is 288 g/mol. The van der Waals surface area contributed by atoms with E-state index in [-0.39, 0.29) is 18.9 Å². The zero-order chi connectivity index (χ0) is 15.2. The Morgan fingerprint density at radius 1 is 1.29 bits per heavy atom. The van der Waals surface area contributed by atoms with Crippen molar-refractivity contribution in [3.05, 3.63) is 35.7 Å². The molecule has 110 valence electrons. The predicted octanol–water partition coefficient (Wildman–Crippen LogP) is 1.24. The molecule has 0 saturated heterocycles. The second-order valence-electron chi connectivity index (χ2n) is 4.44. The number of carbonyl (C=O) groups excluding carboxylic acids is 1. The molecular formula is C14H16N4O3. The van der Waals surface area contributed by atoms with Gasteiger partial charge in [-0.05, 0) is 12.1 Å². The van der Waals surface area contributed by atoms with E-state index in [0.717, 1.165) is 17.8 Å². The summed E-state index contributed by atoms with van der Waals surface area (Å²) in [4.78, 5) is 26.5. The van der Waals surface area contributed by atoms with Gasteiger partial charge in [0.25, 0.3) is 5.91 Å². The number of nitrogens with zero attached hydrogens (tertiary/aromatic N) is 2.